The highest BCUT2D eigenvalue weighted by Crippen LogP contribution is 2.43. The SMILES string of the molecule is Cc1ccc(/C(O)=C2\C(=O)C(=O)N(c3nc4ccc(C(=O)O)cc4s3)C2c2ccccn2)cc1C. The summed E-state index contributed by atoms with van der Waals surface area (Å²) in [6, 6.07) is 13.9. The number of carboxylic acids is 1. The van der Waals surface area contributed by atoms with Crippen LogP contribution in [0.3, 0.4) is 0 Å². The summed E-state index contributed by atoms with van der Waals surface area (Å²) >= 11 is 1.09. The third-order valence-corrected chi connectivity index (χ3v) is 7.04. The molecule has 1 unspecified atom stereocenters. The standard InChI is InChI=1S/C26H19N3O5S/c1-13-6-7-15(11-14(13)2)22(30)20-21(18-5-3-4-10-27-18)29(24(32)23(20)31)26-28-17-9-8-16(25(33)34)12-19(17)35-26/h3-12,21,30H,1-2H3,(H,33,34)/b22-20+. The van der Waals surface area contributed by atoms with E-state index in [0.717, 1.165) is 22.5 Å². The molecular formula is C26H19N3O5S. The molecule has 8 nitrogen and oxygen atoms in total. The van der Waals surface area contributed by atoms with Gasteiger partial charge in [-0.2, -0.15) is 0 Å². The Balaban J connectivity index is 1.71. The van der Waals surface area contributed by atoms with E-state index in [9.17, 15) is 24.6 Å². The van der Waals surface area contributed by atoms with Gasteiger partial charge in [0, 0.05) is 11.8 Å². The number of carboxylic acid groups (broad SMARTS) is 1. The number of aryl methyl sites for hydroxylation is 2. The predicted octanol–water partition coefficient (Wildman–Crippen LogP) is 4.63. The molecule has 0 bridgehead atoms. The molecule has 1 aliphatic rings. The molecule has 9 heteroatoms. The number of ketones is 1. The smallest absolute Gasteiger partial charge is 0.335 e. The molecular weight excluding hydrogens is 466 g/mol. The Morgan fingerprint density at radius 2 is 1.74 bits per heavy atom. The van der Waals surface area contributed by atoms with Gasteiger partial charge in [0.25, 0.3) is 5.78 Å². The van der Waals surface area contributed by atoms with Crippen LogP contribution in [0.4, 0.5) is 5.13 Å². The van der Waals surface area contributed by atoms with Gasteiger partial charge in [0.05, 0.1) is 27.0 Å². The quantitative estimate of drug-likeness (QED) is 0.246. The lowest BCUT2D eigenvalue weighted by Crippen LogP contribution is -2.29. The minimum atomic E-state index is -1.08. The lowest BCUT2D eigenvalue weighted by Gasteiger charge is -2.22. The number of Topliss-reactive ketones (excluding diaryl/α,β-unsaturated/α-hetero) is 1. The second-order valence-corrected chi connectivity index (χ2v) is 9.22. The van der Waals surface area contributed by atoms with Crippen molar-refractivity contribution in [3.8, 4) is 0 Å². The Labute approximate surface area is 203 Å². The second-order valence-electron chi connectivity index (χ2n) is 8.21. The third-order valence-electron chi connectivity index (χ3n) is 6.02. The summed E-state index contributed by atoms with van der Waals surface area (Å²) in [6.45, 7) is 3.84. The first kappa shape index (κ1) is 22.4. The lowest BCUT2D eigenvalue weighted by atomic mass is 9.97. The highest BCUT2D eigenvalue weighted by Gasteiger charge is 2.48. The van der Waals surface area contributed by atoms with Crippen molar-refractivity contribution < 1.29 is 24.6 Å². The number of amides is 1. The minimum absolute atomic E-state index is 0.0811. The van der Waals surface area contributed by atoms with E-state index in [0.29, 0.717) is 21.5 Å². The fourth-order valence-electron chi connectivity index (χ4n) is 4.04. The maximum atomic E-state index is 13.3. The van der Waals surface area contributed by atoms with Gasteiger partial charge >= 0.3 is 11.9 Å². The molecule has 5 rings (SSSR count). The van der Waals surface area contributed by atoms with Gasteiger partial charge < -0.3 is 10.2 Å². The molecule has 2 aromatic heterocycles. The molecule has 3 heterocycles. The van der Waals surface area contributed by atoms with Crippen LogP contribution in [0.5, 0.6) is 0 Å². The molecule has 0 saturated carbocycles. The first-order valence-corrected chi connectivity index (χ1v) is 11.5. The minimum Gasteiger partial charge on any atom is -0.507 e. The van der Waals surface area contributed by atoms with Crippen LogP contribution in [0.25, 0.3) is 16.0 Å². The molecule has 174 valence electrons. The molecule has 4 aromatic rings. The molecule has 1 fully saturated rings. The fourth-order valence-corrected chi connectivity index (χ4v) is 5.07. The number of benzene rings is 2. The summed E-state index contributed by atoms with van der Waals surface area (Å²) in [6.07, 6.45) is 1.54. The van der Waals surface area contributed by atoms with Crippen LogP contribution in [-0.2, 0) is 9.59 Å². The maximum Gasteiger partial charge on any atom is 0.335 e. The number of nitrogens with zero attached hydrogens (tertiary/aromatic N) is 3. The van der Waals surface area contributed by atoms with Crippen molar-refractivity contribution in [2.75, 3.05) is 4.90 Å². The summed E-state index contributed by atoms with van der Waals surface area (Å²) in [5.41, 5.74) is 3.26. The van der Waals surface area contributed by atoms with Crippen molar-refractivity contribution in [2.45, 2.75) is 19.9 Å². The van der Waals surface area contributed by atoms with Crippen LogP contribution in [0, 0.1) is 13.8 Å². The number of aliphatic hydroxyl groups is 1. The zero-order valence-corrected chi connectivity index (χ0v) is 19.5. The molecule has 0 radical (unpaired) electrons. The Morgan fingerprint density at radius 1 is 0.971 bits per heavy atom. The molecule has 1 saturated heterocycles. The number of fused-ring (bicyclic) bond motifs is 1. The lowest BCUT2D eigenvalue weighted by molar-refractivity contribution is -0.132. The Bertz CT molecular complexity index is 1560. The fraction of sp³-hybridized carbons (Fsp3) is 0.115. The van der Waals surface area contributed by atoms with E-state index in [4.69, 9.17) is 0 Å². The normalized spacial score (nSPS) is 17.3. The number of anilines is 1. The van der Waals surface area contributed by atoms with Gasteiger partial charge in [-0.05, 0) is 61.4 Å². The van der Waals surface area contributed by atoms with Gasteiger partial charge in [-0.15, -0.1) is 0 Å². The number of hydrogen-bond donors (Lipinski definition) is 2. The first-order chi connectivity index (χ1) is 16.8. The molecule has 35 heavy (non-hydrogen) atoms. The summed E-state index contributed by atoms with van der Waals surface area (Å²) in [5, 5.41) is 20.7. The van der Waals surface area contributed by atoms with Gasteiger partial charge in [-0.3, -0.25) is 19.5 Å². The van der Waals surface area contributed by atoms with Crippen LogP contribution in [-0.4, -0.2) is 37.8 Å². The summed E-state index contributed by atoms with van der Waals surface area (Å²) in [5.74, 6) is -3.06. The van der Waals surface area contributed by atoms with Crippen LogP contribution in [0.1, 0.15) is 38.8 Å². The van der Waals surface area contributed by atoms with E-state index in [1.807, 2.05) is 19.9 Å². The number of aliphatic hydroxyl groups excluding tert-OH is 1. The average Bonchev–Trinajstić information content (AvgIpc) is 3.38. The molecule has 1 amide bonds. The largest absolute Gasteiger partial charge is 0.507 e. The van der Waals surface area contributed by atoms with Crippen LogP contribution in [0.2, 0.25) is 0 Å². The van der Waals surface area contributed by atoms with E-state index in [1.165, 1.54) is 17.0 Å². The molecule has 2 aromatic carbocycles. The number of thiazole rings is 1. The molecule has 1 atom stereocenters. The summed E-state index contributed by atoms with van der Waals surface area (Å²) < 4.78 is 0.552. The van der Waals surface area contributed by atoms with Crippen LogP contribution < -0.4 is 4.90 Å². The zero-order valence-electron chi connectivity index (χ0n) is 18.7. The Kier molecular flexibility index (Phi) is 5.41. The number of aromatic carboxylic acids is 1. The molecule has 2 N–H and O–H groups in total. The van der Waals surface area contributed by atoms with E-state index in [2.05, 4.69) is 9.97 Å². The first-order valence-electron chi connectivity index (χ1n) is 10.7. The van der Waals surface area contributed by atoms with E-state index >= 15 is 0 Å². The molecule has 0 aliphatic carbocycles. The number of aromatic nitrogens is 2. The highest BCUT2D eigenvalue weighted by molar-refractivity contribution is 7.22. The maximum absolute atomic E-state index is 13.3. The predicted molar refractivity (Wildman–Crippen MR) is 132 cm³/mol. The number of pyridine rings is 1. The number of hydrogen-bond acceptors (Lipinski definition) is 7. The van der Waals surface area contributed by atoms with Gasteiger partial charge in [-0.25, -0.2) is 9.78 Å². The monoisotopic (exact) mass is 485 g/mol. The molecule has 1 aliphatic heterocycles. The Morgan fingerprint density at radius 3 is 2.43 bits per heavy atom. The van der Waals surface area contributed by atoms with Crippen molar-refractivity contribution >= 4 is 50.1 Å². The zero-order chi connectivity index (χ0) is 24.9. The van der Waals surface area contributed by atoms with Crippen LogP contribution in [0.15, 0.2) is 66.4 Å². The highest BCUT2D eigenvalue weighted by atomic mass is 32.1. The summed E-state index contributed by atoms with van der Waals surface area (Å²) in [7, 11) is 0. The number of carbonyl (C=O) groups excluding carboxylic acids is 2. The van der Waals surface area contributed by atoms with E-state index in [1.54, 1.807) is 42.6 Å². The van der Waals surface area contributed by atoms with Crippen molar-refractivity contribution in [3.63, 3.8) is 0 Å². The van der Waals surface area contributed by atoms with Gasteiger partial charge in [-0.1, -0.05) is 29.5 Å². The van der Waals surface area contributed by atoms with Crippen molar-refractivity contribution in [1.29, 1.82) is 0 Å². The average molecular weight is 486 g/mol. The number of rotatable bonds is 4. The topological polar surface area (TPSA) is 121 Å². The number of carbonyl (C=O) groups is 3. The second kappa shape index (κ2) is 8.44. The van der Waals surface area contributed by atoms with Gasteiger partial charge in [0.2, 0.25) is 0 Å². The van der Waals surface area contributed by atoms with E-state index in [-0.39, 0.29) is 22.0 Å². The van der Waals surface area contributed by atoms with E-state index < -0.39 is 23.7 Å². The van der Waals surface area contributed by atoms with Crippen LogP contribution >= 0.6 is 11.3 Å². The van der Waals surface area contributed by atoms with Gasteiger partial charge in [0.15, 0.2) is 5.13 Å². The van der Waals surface area contributed by atoms with Crippen molar-refractivity contribution in [2.24, 2.45) is 0 Å². The summed E-state index contributed by atoms with van der Waals surface area (Å²) in [4.78, 5) is 48.0. The van der Waals surface area contributed by atoms with Crippen molar-refractivity contribution in [3.05, 3.63) is 94.3 Å². The van der Waals surface area contributed by atoms with Crippen molar-refractivity contribution in [1.82, 2.24) is 9.97 Å². The molecule has 0 spiro atoms. The third kappa shape index (κ3) is 3.75. The Hall–Kier alpha value is -4.37. The van der Waals surface area contributed by atoms with Gasteiger partial charge in [0.1, 0.15) is 11.8 Å².